The minimum absolute atomic E-state index is 0.297. The van der Waals surface area contributed by atoms with E-state index in [-0.39, 0.29) is 0 Å². The summed E-state index contributed by atoms with van der Waals surface area (Å²) in [6, 6.07) is 11.6. The lowest BCUT2D eigenvalue weighted by Crippen LogP contribution is -1.73. The van der Waals surface area contributed by atoms with Gasteiger partial charge in [-0.25, -0.2) is 4.98 Å². The predicted octanol–water partition coefficient (Wildman–Crippen LogP) is 3.50. The van der Waals surface area contributed by atoms with Gasteiger partial charge in [0.1, 0.15) is 6.61 Å². The second-order valence-corrected chi connectivity index (χ2v) is 4.47. The van der Waals surface area contributed by atoms with Crippen LogP contribution in [0.3, 0.4) is 0 Å². The van der Waals surface area contributed by atoms with Crippen LogP contribution in [0.2, 0.25) is 0 Å². The summed E-state index contributed by atoms with van der Waals surface area (Å²) in [4.78, 5) is 15.4. The van der Waals surface area contributed by atoms with Crippen LogP contribution >= 0.6 is 8.25 Å². The van der Waals surface area contributed by atoms with Crippen LogP contribution in [0.15, 0.2) is 47.1 Å². The highest BCUT2D eigenvalue weighted by Crippen LogP contribution is 2.20. The average Bonchev–Trinajstić information content (AvgIpc) is 3.08. The molecule has 2 heterocycles. The third kappa shape index (κ3) is 3.74. The largest absolute Gasteiger partial charge is 0.694 e. The molecular weight excluding hydrogens is 279 g/mol. The normalized spacial score (nSPS) is 11.0. The molecule has 3 rings (SSSR count). The van der Waals surface area contributed by atoms with E-state index in [0.29, 0.717) is 6.61 Å². The third-order valence-electron chi connectivity index (χ3n) is 2.38. The summed E-state index contributed by atoms with van der Waals surface area (Å²) in [6.45, 7) is 1.95. The molecule has 2 aromatic heterocycles. The van der Waals surface area contributed by atoms with E-state index in [0.717, 1.165) is 22.6 Å². The number of H-pyrrole nitrogens is 1. The molecule has 0 fully saturated rings. The Balaban J connectivity index is 0.000000212. The van der Waals surface area contributed by atoms with E-state index in [9.17, 15) is 4.57 Å². The van der Waals surface area contributed by atoms with Gasteiger partial charge >= 0.3 is 8.25 Å². The summed E-state index contributed by atoms with van der Waals surface area (Å²) in [7, 11) is -2.35. The number of benzene rings is 1. The first kappa shape index (κ1) is 14.4. The molecule has 0 radical (unpaired) electrons. The van der Waals surface area contributed by atoms with Crippen LogP contribution in [-0.2, 0) is 9.09 Å². The second-order valence-electron chi connectivity index (χ2n) is 3.74. The molecule has 0 spiro atoms. The summed E-state index contributed by atoms with van der Waals surface area (Å²) in [5.74, 6) is 1.54. The number of imidazole rings is 1. The Morgan fingerprint density at radius 1 is 1.35 bits per heavy atom. The number of hydrogen-bond acceptors (Lipinski definition) is 4. The molecule has 0 aliphatic rings. The molecule has 0 aliphatic carbocycles. The van der Waals surface area contributed by atoms with Gasteiger partial charge < -0.3 is 9.40 Å². The van der Waals surface area contributed by atoms with Gasteiger partial charge in [0.15, 0.2) is 11.6 Å². The quantitative estimate of drug-likeness (QED) is 0.721. The minimum atomic E-state index is -2.35. The van der Waals surface area contributed by atoms with Crippen LogP contribution < -0.4 is 0 Å². The van der Waals surface area contributed by atoms with Gasteiger partial charge in [0, 0.05) is 4.57 Å². The number of nitrogens with one attached hydrogen (secondary N) is 1. The fourth-order valence-corrected chi connectivity index (χ4v) is 1.81. The van der Waals surface area contributed by atoms with Crippen LogP contribution in [0.5, 0.6) is 0 Å². The first-order valence-electron chi connectivity index (χ1n) is 5.98. The van der Waals surface area contributed by atoms with Crippen molar-refractivity contribution in [2.75, 3.05) is 6.61 Å². The maximum atomic E-state index is 9.53. The van der Waals surface area contributed by atoms with Crippen molar-refractivity contribution < 1.29 is 18.4 Å². The molecule has 0 saturated heterocycles. The van der Waals surface area contributed by atoms with Crippen molar-refractivity contribution in [3.63, 3.8) is 0 Å². The number of fused-ring (bicyclic) bond motifs is 1. The van der Waals surface area contributed by atoms with Crippen LogP contribution in [0.25, 0.3) is 22.6 Å². The topological polar surface area (TPSA) is 88.3 Å². The smallest absolute Gasteiger partial charge is 0.461 e. The SMILES string of the molecule is CCO[P+](=O)O.c1coc(-c2nc3ccccc3[nH]2)c1. The number of hydrogen-bond donors (Lipinski definition) is 2. The summed E-state index contributed by atoms with van der Waals surface area (Å²) in [5, 5.41) is 0. The van der Waals surface area contributed by atoms with Gasteiger partial charge in [-0.3, -0.25) is 0 Å². The molecule has 1 aromatic carbocycles. The van der Waals surface area contributed by atoms with E-state index in [1.54, 1.807) is 13.2 Å². The van der Waals surface area contributed by atoms with E-state index in [1.807, 2.05) is 36.4 Å². The number of para-hydroxylation sites is 2. The van der Waals surface area contributed by atoms with Gasteiger partial charge in [-0.05, 0) is 31.2 Å². The fourth-order valence-electron chi connectivity index (χ4n) is 1.59. The van der Waals surface area contributed by atoms with Crippen LogP contribution in [0.1, 0.15) is 6.92 Å². The lowest BCUT2D eigenvalue weighted by Gasteiger charge is -1.85. The molecule has 0 aliphatic heterocycles. The van der Waals surface area contributed by atoms with E-state index < -0.39 is 8.25 Å². The van der Waals surface area contributed by atoms with Crippen molar-refractivity contribution in [1.82, 2.24) is 9.97 Å². The zero-order valence-electron chi connectivity index (χ0n) is 10.8. The standard InChI is InChI=1S/C11H8N2O.C2H5O3P/c1-2-5-9-8(4-1)12-11(13-9)10-6-3-7-14-10;1-2-5-6(3)4/h1-7H,(H,12,13);2H2,1H3/p+1. The second kappa shape index (κ2) is 6.96. The van der Waals surface area contributed by atoms with Gasteiger partial charge in [-0.2, -0.15) is 0 Å². The van der Waals surface area contributed by atoms with E-state index >= 15 is 0 Å². The average molecular weight is 293 g/mol. The first-order chi connectivity index (χ1) is 9.70. The number of aromatic nitrogens is 2. The highest BCUT2D eigenvalue weighted by Gasteiger charge is 2.07. The van der Waals surface area contributed by atoms with Crippen LogP contribution in [0.4, 0.5) is 0 Å². The molecule has 6 nitrogen and oxygen atoms in total. The molecule has 2 N–H and O–H groups in total. The monoisotopic (exact) mass is 293 g/mol. The number of rotatable bonds is 3. The molecule has 3 aromatic rings. The summed E-state index contributed by atoms with van der Waals surface area (Å²) >= 11 is 0. The maximum Gasteiger partial charge on any atom is 0.694 e. The van der Waals surface area contributed by atoms with Crippen molar-refractivity contribution in [2.45, 2.75) is 6.92 Å². The molecule has 0 amide bonds. The molecule has 7 heteroatoms. The molecule has 104 valence electrons. The van der Waals surface area contributed by atoms with Gasteiger partial charge in [-0.15, -0.1) is 9.42 Å². The molecule has 1 atom stereocenters. The molecule has 0 saturated carbocycles. The maximum absolute atomic E-state index is 9.53. The Kier molecular flexibility index (Phi) is 5.01. The number of furan rings is 1. The Bertz CT molecular complexity index is 646. The van der Waals surface area contributed by atoms with Crippen molar-refractivity contribution in [3.8, 4) is 11.6 Å². The van der Waals surface area contributed by atoms with E-state index in [2.05, 4.69) is 14.5 Å². The Hall–Kier alpha value is -2.01. The lowest BCUT2D eigenvalue weighted by atomic mass is 10.3. The zero-order valence-corrected chi connectivity index (χ0v) is 11.7. The summed E-state index contributed by atoms with van der Waals surface area (Å²) < 4.78 is 18.9. The van der Waals surface area contributed by atoms with E-state index in [4.69, 9.17) is 9.31 Å². The third-order valence-corrected chi connectivity index (χ3v) is 2.86. The van der Waals surface area contributed by atoms with Crippen LogP contribution in [-0.4, -0.2) is 21.5 Å². The van der Waals surface area contributed by atoms with Gasteiger partial charge in [0.2, 0.25) is 0 Å². The van der Waals surface area contributed by atoms with Gasteiger partial charge in [0.25, 0.3) is 0 Å². The van der Waals surface area contributed by atoms with Crippen molar-refractivity contribution in [3.05, 3.63) is 42.7 Å². The summed E-state index contributed by atoms with van der Waals surface area (Å²) in [6.07, 6.45) is 1.64. The highest BCUT2D eigenvalue weighted by molar-refractivity contribution is 7.32. The van der Waals surface area contributed by atoms with Crippen LogP contribution in [0, 0.1) is 0 Å². The highest BCUT2D eigenvalue weighted by atomic mass is 31.1. The molecule has 20 heavy (non-hydrogen) atoms. The summed E-state index contributed by atoms with van der Waals surface area (Å²) in [5.41, 5.74) is 1.98. The minimum Gasteiger partial charge on any atom is -0.461 e. The van der Waals surface area contributed by atoms with Gasteiger partial charge in [-0.1, -0.05) is 12.1 Å². The fraction of sp³-hybridized carbons (Fsp3) is 0.154. The van der Waals surface area contributed by atoms with Crippen molar-refractivity contribution in [1.29, 1.82) is 0 Å². The first-order valence-corrected chi connectivity index (χ1v) is 7.11. The Labute approximate surface area is 116 Å². The van der Waals surface area contributed by atoms with Gasteiger partial charge in [0.05, 0.1) is 17.3 Å². The predicted molar refractivity (Wildman–Crippen MR) is 75.2 cm³/mol. The Morgan fingerprint density at radius 3 is 2.70 bits per heavy atom. The lowest BCUT2D eigenvalue weighted by molar-refractivity contribution is 0.297. The molecule has 1 unspecified atom stereocenters. The zero-order chi connectivity index (χ0) is 14.4. The van der Waals surface area contributed by atoms with Crippen molar-refractivity contribution >= 4 is 19.3 Å². The molecule has 0 bridgehead atoms. The van der Waals surface area contributed by atoms with E-state index in [1.165, 1.54) is 0 Å². The number of nitrogens with zero attached hydrogens (tertiary/aromatic N) is 1. The molecular formula is C13H14N2O4P+. The van der Waals surface area contributed by atoms with Crippen molar-refractivity contribution in [2.24, 2.45) is 0 Å². The Morgan fingerprint density at radius 2 is 2.15 bits per heavy atom. The number of aromatic amines is 1.